The highest BCUT2D eigenvalue weighted by molar-refractivity contribution is 8.01. The van der Waals surface area contributed by atoms with Crippen molar-refractivity contribution in [2.45, 2.75) is 38.7 Å². The molecule has 1 saturated heterocycles. The van der Waals surface area contributed by atoms with Crippen LogP contribution >= 0.6 is 11.8 Å². The van der Waals surface area contributed by atoms with Gasteiger partial charge < -0.3 is 15.0 Å². The first-order chi connectivity index (χ1) is 10.7. The number of rotatable bonds is 3. The van der Waals surface area contributed by atoms with Gasteiger partial charge in [-0.25, -0.2) is 4.79 Å². The third-order valence-corrected chi connectivity index (χ3v) is 4.31. The highest BCUT2D eigenvalue weighted by atomic mass is 32.2. The minimum atomic E-state index is -0.738. The average Bonchev–Trinajstić information content (AvgIpc) is 2.42. The van der Waals surface area contributed by atoms with E-state index in [9.17, 15) is 14.4 Å². The van der Waals surface area contributed by atoms with Crippen molar-refractivity contribution in [1.29, 1.82) is 0 Å². The zero-order valence-electron chi connectivity index (χ0n) is 13.3. The summed E-state index contributed by atoms with van der Waals surface area (Å²) >= 11 is 1.31. The van der Waals surface area contributed by atoms with Gasteiger partial charge in [0.05, 0.1) is 0 Å². The Morgan fingerprint density at radius 3 is 2.61 bits per heavy atom. The summed E-state index contributed by atoms with van der Waals surface area (Å²) in [7, 11) is 0. The lowest BCUT2D eigenvalue weighted by Crippen LogP contribution is -2.63. The lowest BCUT2D eigenvalue weighted by atomic mass is 10.1. The van der Waals surface area contributed by atoms with E-state index in [1.807, 2.05) is 0 Å². The molecule has 23 heavy (non-hydrogen) atoms. The Hall–Kier alpha value is -2.12. The molecule has 1 amide bonds. The number of carbonyl (C=O) groups excluding carboxylic acids is 3. The van der Waals surface area contributed by atoms with Crippen LogP contribution in [0.3, 0.4) is 0 Å². The van der Waals surface area contributed by atoms with Crippen LogP contribution in [0.25, 0.3) is 5.53 Å². The Morgan fingerprint density at radius 1 is 1.43 bits per heavy atom. The van der Waals surface area contributed by atoms with Gasteiger partial charge in [0, 0.05) is 18.2 Å². The lowest BCUT2D eigenvalue weighted by Gasteiger charge is -2.40. The minimum absolute atomic E-state index is 0.0115. The van der Waals surface area contributed by atoms with Crippen LogP contribution in [0.4, 0.5) is 0 Å². The summed E-state index contributed by atoms with van der Waals surface area (Å²) in [5.74, 6) is -1.36. The van der Waals surface area contributed by atoms with Crippen LogP contribution in [-0.2, 0) is 23.9 Å². The second kappa shape index (κ2) is 6.17. The predicted octanol–water partition coefficient (Wildman–Crippen LogP) is 0.731. The van der Waals surface area contributed by atoms with Crippen LogP contribution in [0.2, 0.25) is 0 Å². The van der Waals surface area contributed by atoms with Crippen molar-refractivity contribution in [2.75, 3.05) is 12.4 Å². The van der Waals surface area contributed by atoms with Gasteiger partial charge in [-0.3, -0.25) is 14.5 Å². The van der Waals surface area contributed by atoms with Gasteiger partial charge in [0.15, 0.2) is 5.37 Å². The number of nitrogens with zero attached hydrogens (tertiary/aromatic N) is 3. The van der Waals surface area contributed by atoms with Crippen molar-refractivity contribution in [3.63, 3.8) is 0 Å². The number of esters is 2. The maximum atomic E-state index is 12.5. The molecule has 1 atom stereocenters. The molecular formula is C14H17N3O5S. The topological polar surface area (TPSA) is 109 Å². The number of β-lactam (4-membered cyclic amide) rings is 1. The molecule has 0 aromatic rings. The first-order valence-electron chi connectivity index (χ1n) is 6.91. The average molecular weight is 339 g/mol. The van der Waals surface area contributed by atoms with E-state index in [0.717, 1.165) is 0 Å². The van der Waals surface area contributed by atoms with Crippen LogP contribution in [0, 0.1) is 0 Å². The SMILES string of the molecule is CC(=O)OCC1=C(C(=O)OC(C)(C)C)N2C(=O)C(=[N+]=[N-])C2SC1. The van der Waals surface area contributed by atoms with Crippen molar-refractivity contribution < 1.29 is 28.6 Å². The summed E-state index contributed by atoms with van der Waals surface area (Å²) in [6, 6.07) is 0. The van der Waals surface area contributed by atoms with E-state index in [4.69, 9.17) is 15.0 Å². The molecule has 0 bridgehead atoms. The molecule has 0 aromatic carbocycles. The maximum Gasteiger partial charge on any atom is 0.389 e. The number of fused-ring (bicyclic) bond motifs is 1. The van der Waals surface area contributed by atoms with E-state index in [1.165, 1.54) is 23.6 Å². The first kappa shape index (κ1) is 17.2. The zero-order chi connectivity index (χ0) is 17.4. The maximum absolute atomic E-state index is 12.5. The molecule has 0 aliphatic carbocycles. The molecular weight excluding hydrogens is 322 g/mol. The van der Waals surface area contributed by atoms with E-state index < -0.39 is 28.8 Å². The third kappa shape index (κ3) is 3.46. The summed E-state index contributed by atoms with van der Waals surface area (Å²) in [4.78, 5) is 39.7. The normalized spacial score (nSPS) is 20.5. The van der Waals surface area contributed by atoms with Gasteiger partial charge in [0.25, 0.3) is 0 Å². The lowest BCUT2D eigenvalue weighted by molar-refractivity contribution is -0.155. The highest BCUT2D eigenvalue weighted by Crippen LogP contribution is 2.38. The van der Waals surface area contributed by atoms with E-state index in [1.54, 1.807) is 20.8 Å². The van der Waals surface area contributed by atoms with Gasteiger partial charge in [-0.1, -0.05) is 0 Å². The molecule has 0 N–H and O–H groups in total. The van der Waals surface area contributed by atoms with Crippen molar-refractivity contribution in [1.82, 2.24) is 4.90 Å². The Morgan fingerprint density at radius 2 is 2.09 bits per heavy atom. The highest BCUT2D eigenvalue weighted by Gasteiger charge is 2.57. The second-order valence-electron chi connectivity index (χ2n) is 6.06. The standard InChI is InChI=1S/C14H17N3O5S/c1-7(18)21-5-8-6-23-12-9(16-15)11(19)17(12)10(8)13(20)22-14(2,3)4/h12H,5-6H2,1-4H3. The van der Waals surface area contributed by atoms with Crippen LogP contribution in [-0.4, -0.2) is 56.6 Å². The Kier molecular flexibility index (Phi) is 4.63. The van der Waals surface area contributed by atoms with Gasteiger partial charge in [0.2, 0.25) is 0 Å². The Bertz CT molecular complexity index is 658. The monoisotopic (exact) mass is 339 g/mol. The zero-order valence-corrected chi connectivity index (χ0v) is 14.1. The van der Waals surface area contributed by atoms with E-state index in [-0.39, 0.29) is 18.0 Å². The van der Waals surface area contributed by atoms with Crippen LogP contribution < -0.4 is 0 Å². The molecule has 0 saturated carbocycles. The molecule has 1 fully saturated rings. The second-order valence-corrected chi connectivity index (χ2v) is 7.13. The number of ether oxygens (including phenoxy) is 2. The molecule has 2 aliphatic rings. The number of hydrogen-bond acceptors (Lipinski definition) is 6. The molecule has 2 rings (SSSR count). The fourth-order valence-electron chi connectivity index (χ4n) is 2.14. The fourth-order valence-corrected chi connectivity index (χ4v) is 3.38. The van der Waals surface area contributed by atoms with Gasteiger partial charge in [-0.2, -0.15) is 4.79 Å². The van der Waals surface area contributed by atoms with Crippen LogP contribution in [0.1, 0.15) is 27.7 Å². The molecule has 0 spiro atoms. The summed E-state index contributed by atoms with van der Waals surface area (Å²) in [6.07, 6.45) is 0. The fraction of sp³-hybridized carbons (Fsp3) is 0.571. The van der Waals surface area contributed by atoms with E-state index in [0.29, 0.717) is 11.3 Å². The van der Waals surface area contributed by atoms with E-state index >= 15 is 0 Å². The first-order valence-corrected chi connectivity index (χ1v) is 7.96. The summed E-state index contributed by atoms with van der Waals surface area (Å²) < 4.78 is 10.3. The van der Waals surface area contributed by atoms with E-state index in [2.05, 4.69) is 4.79 Å². The van der Waals surface area contributed by atoms with Crippen molar-refractivity contribution >= 4 is 35.3 Å². The Labute approximate surface area is 137 Å². The van der Waals surface area contributed by atoms with Crippen molar-refractivity contribution in [2.24, 2.45) is 0 Å². The Balaban J connectivity index is 2.36. The molecule has 2 heterocycles. The van der Waals surface area contributed by atoms with Crippen LogP contribution in [0.15, 0.2) is 11.3 Å². The molecule has 0 radical (unpaired) electrons. The van der Waals surface area contributed by atoms with Gasteiger partial charge in [-0.05, 0) is 20.8 Å². The summed E-state index contributed by atoms with van der Waals surface area (Å²) in [6.45, 7) is 6.30. The molecule has 124 valence electrons. The van der Waals surface area contributed by atoms with Crippen molar-refractivity contribution in [3.05, 3.63) is 16.8 Å². The largest absolute Gasteiger partial charge is 0.461 e. The number of carbonyl (C=O) groups is 3. The van der Waals surface area contributed by atoms with Gasteiger partial charge in [0.1, 0.15) is 17.9 Å². The molecule has 1 unspecified atom stereocenters. The number of thioether (sulfide) groups is 1. The summed E-state index contributed by atoms with van der Waals surface area (Å²) in [5, 5.41) is -0.531. The number of hydrogen-bond donors (Lipinski definition) is 0. The quantitative estimate of drug-likeness (QED) is 0.324. The van der Waals surface area contributed by atoms with Crippen LogP contribution in [0.5, 0.6) is 0 Å². The van der Waals surface area contributed by atoms with Gasteiger partial charge >= 0.3 is 23.6 Å². The predicted molar refractivity (Wildman–Crippen MR) is 81.2 cm³/mol. The molecule has 0 aromatic heterocycles. The third-order valence-electron chi connectivity index (χ3n) is 3.05. The molecule has 8 nitrogen and oxygen atoms in total. The number of amides is 1. The molecule has 2 aliphatic heterocycles. The summed E-state index contributed by atoms with van der Waals surface area (Å²) in [5.41, 5.74) is 8.67. The smallest absolute Gasteiger partial charge is 0.389 e. The molecule has 9 heteroatoms. The van der Waals surface area contributed by atoms with Gasteiger partial charge in [-0.15, -0.1) is 11.8 Å². The van der Waals surface area contributed by atoms with Crippen molar-refractivity contribution in [3.8, 4) is 0 Å². The minimum Gasteiger partial charge on any atom is -0.461 e.